The van der Waals surface area contributed by atoms with Crippen LogP contribution in [0.2, 0.25) is 0 Å². The molecular weight excluding hydrogens is 272 g/mol. The molecule has 1 unspecified atom stereocenters. The zero-order valence-electron chi connectivity index (χ0n) is 12.6. The molecule has 20 heavy (non-hydrogen) atoms. The molecule has 0 aromatic heterocycles. The van der Waals surface area contributed by atoms with Crippen LogP contribution >= 0.6 is 11.8 Å². The lowest BCUT2D eigenvalue weighted by molar-refractivity contribution is 0.0506. The standard InChI is InChI=1S/C15H24N2O2S/c1-15(2,3)19-14(18)17-12(10-16)8-11-6-5-7-13(9-11)20-4/h5-7,9,12H,8,10,16H2,1-4H3,(H,17,18). The second-order valence-corrected chi connectivity index (χ2v) is 6.51. The molecule has 1 atom stereocenters. The number of rotatable bonds is 5. The van der Waals surface area contributed by atoms with Gasteiger partial charge in [0.25, 0.3) is 0 Å². The van der Waals surface area contributed by atoms with E-state index < -0.39 is 11.7 Å². The number of ether oxygens (including phenoxy) is 1. The highest BCUT2D eigenvalue weighted by atomic mass is 32.2. The second-order valence-electron chi connectivity index (χ2n) is 5.63. The SMILES string of the molecule is CSc1cccc(CC(CN)NC(=O)OC(C)(C)C)c1. The van der Waals surface area contributed by atoms with Crippen LogP contribution in [0.3, 0.4) is 0 Å². The molecule has 4 nitrogen and oxygen atoms in total. The fraction of sp³-hybridized carbons (Fsp3) is 0.533. The van der Waals surface area contributed by atoms with Gasteiger partial charge in [-0.25, -0.2) is 4.79 Å². The average molecular weight is 296 g/mol. The first-order chi connectivity index (χ1) is 9.34. The third-order valence-electron chi connectivity index (χ3n) is 2.62. The number of carbonyl (C=O) groups excluding carboxylic acids is 1. The summed E-state index contributed by atoms with van der Waals surface area (Å²) in [6, 6.07) is 8.11. The van der Waals surface area contributed by atoms with E-state index >= 15 is 0 Å². The molecule has 3 N–H and O–H groups in total. The number of thioether (sulfide) groups is 1. The van der Waals surface area contributed by atoms with Crippen molar-refractivity contribution >= 4 is 17.9 Å². The molecule has 0 spiro atoms. The number of nitrogens with one attached hydrogen (secondary N) is 1. The van der Waals surface area contributed by atoms with Gasteiger partial charge in [0.2, 0.25) is 0 Å². The lowest BCUT2D eigenvalue weighted by atomic mass is 10.1. The fourth-order valence-corrected chi connectivity index (χ4v) is 2.24. The van der Waals surface area contributed by atoms with Crippen molar-refractivity contribution in [1.29, 1.82) is 0 Å². The topological polar surface area (TPSA) is 64.3 Å². The van der Waals surface area contributed by atoms with Gasteiger partial charge >= 0.3 is 6.09 Å². The summed E-state index contributed by atoms with van der Waals surface area (Å²) >= 11 is 1.70. The Bertz CT molecular complexity index is 444. The van der Waals surface area contributed by atoms with Crippen molar-refractivity contribution in [3.05, 3.63) is 29.8 Å². The molecule has 0 aliphatic heterocycles. The van der Waals surface area contributed by atoms with Crippen LogP contribution in [0.5, 0.6) is 0 Å². The summed E-state index contributed by atoms with van der Waals surface area (Å²) in [5, 5.41) is 2.82. The van der Waals surface area contributed by atoms with E-state index in [2.05, 4.69) is 17.4 Å². The number of hydrogen-bond acceptors (Lipinski definition) is 4. The van der Waals surface area contributed by atoms with Crippen LogP contribution < -0.4 is 11.1 Å². The minimum absolute atomic E-state index is 0.123. The van der Waals surface area contributed by atoms with Crippen molar-refractivity contribution in [1.82, 2.24) is 5.32 Å². The Kier molecular flexibility index (Phi) is 6.36. The van der Waals surface area contributed by atoms with Crippen molar-refractivity contribution in [3.63, 3.8) is 0 Å². The minimum atomic E-state index is -0.498. The predicted molar refractivity (Wildman–Crippen MR) is 84.1 cm³/mol. The average Bonchev–Trinajstić information content (AvgIpc) is 2.36. The first-order valence-corrected chi connectivity index (χ1v) is 7.89. The van der Waals surface area contributed by atoms with Gasteiger partial charge in [-0.2, -0.15) is 0 Å². The van der Waals surface area contributed by atoms with Crippen molar-refractivity contribution in [2.24, 2.45) is 5.73 Å². The number of hydrogen-bond donors (Lipinski definition) is 2. The van der Waals surface area contributed by atoms with Gasteiger partial charge < -0.3 is 15.8 Å². The number of benzene rings is 1. The molecule has 112 valence electrons. The van der Waals surface area contributed by atoms with Gasteiger partial charge in [-0.1, -0.05) is 12.1 Å². The molecule has 0 saturated heterocycles. The van der Waals surface area contributed by atoms with Gasteiger partial charge in [-0.05, 0) is 51.1 Å². The van der Waals surface area contributed by atoms with E-state index in [0.29, 0.717) is 13.0 Å². The minimum Gasteiger partial charge on any atom is -0.444 e. The maximum atomic E-state index is 11.7. The maximum absolute atomic E-state index is 11.7. The molecule has 1 rings (SSSR count). The quantitative estimate of drug-likeness (QED) is 0.820. The van der Waals surface area contributed by atoms with Crippen LogP contribution in [0.15, 0.2) is 29.2 Å². The second kappa shape index (κ2) is 7.55. The highest BCUT2D eigenvalue weighted by Crippen LogP contribution is 2.17. The first kappa shape index (κ1) is 16.9. The fourth-order valence-electron chi connectivity index (χ4n) is 1.75. The summed E-state index contributed by atoms with van der Waals surface area (Å²) in [5.41, 5.74) is 6.39. The molecule has 0 aliphatic carbocycles. The summed E-state index contributed by atoms with van der Waals surface area (Å²) in [4.78, 5) is 13.0. The molecule has 0 fully saturated rings. The van der Waals surface area contributed by atoms with Crippen molar-refractivity contribution in [2.45, 2.75) is 43.7 Å². The van der Waals surface area contributed by atoms with Gasteiger partial charge in [-0.3, -0.25) is 0 Å². The molecule has 1 aromatic rings. The molecule has 0 radical (unpaired) electrons. The Morgan fingerprint density at radius 3 is 2.70 bits per heavy atom. The summed E-state index contributed by atoms with van der Waals surface area (Å²) in [6.07, 6.45) is 2.32. The van der Waals surface area contributed by atoms with E-state index in [0.717, 1.165) is 5.56 Å². The molecule has 5 heteroatoms. The first-order valence-electron chi connectivity index (χ1n) is 6.66. The lowest BCUT2D eigenvalue weighted by Gasteiger charge is -2.23. The third kappa shape index (κ3) is 6.30. The van der Waals surface area contributed by atoms with Gasteiger partial charge in [0.05, 0.1) is 0 Å². The van der Waals surface area contributed by atoms with E-state index in [-0.39, 0.29) is 6.04 Å². The molecule has 0 bridgehead atoms. The Morgan fingerprint density at radius 1 is 1.45 bits per heavy atom. The zero-order valence-corrected chi connectivity index (χ0v) is 13.4. The normalized spacial score (nSPS) is 12.8. The number of amides is 1. The van der Waals surface area contributed by atoms with Crippen LogP contribution in [0.4, 0.5) is 4.79 Å². The molecule has 1 amide bonds. The van der Waals surface area contributed by atoms with Crippen LogP contribution in [-0.4, -0.2) is 30.5 Å². The summed E-state index contributed by atoms with van der Waals surface area (Å²) in [7, 11) is 0. The maximum Gasteiger partial charge on any atom is 0.407 e. The highest BCUT2D eigenvalue weighted by molar-refractivity contribution is 7.98. The molecule has 0 heterocycles. The van der Waals surface area contributed by atoms with Gasteiger partial charge in [0, 0.05) is 17.5 Å². The van der Waals surface area contributed by atoms with Crippen LogP contribution in [-0.2, 0) is 11.2 Å². The number of carbonyl (C=O) groups is 1. The van der Waals surface area contributed by atoms with Gasteiger partial charge in [0.1, 0.15) is 5.60 Å². The van der Waals surface area contributed by atoms with E-state index in [1.165, 1.54) is 4.90 Å². The molecular formula is C15H24N2O2S. The Hall–Kier alpha value is -1.20. The molecule has 0 aliphatic rings. The van der Waals surface area contributed by atoms with E-state index in [4.69, 9.17) is 10.5 Å². The summed E-state index contributed by atoms with van der Waals surface area (Å²) in [6.45, 7) is 5.90. The summed E-state index contributed by atoms with van der Waals surface area (Å²) < 4.78 is 5.24. The van der Waals surface area contributed by atoms with E-state index in [9.17, 15) is 4.79 Å². The third-order valence-corrected chi connectivity index (χ3v) is 3.35. The van der Waals surface area contributed by atoms with E-state index in [1.54, 1.807) is 11.8 Å². The largest absolute Gasteiger partial charge is 0.444 e. The van der Waals surface area contributed by atoms with Crippen molar-refractivity contribution in [2.75, 3.05) is 12.8 Å². The van der Waals surface area contributed by atoms with Crippen molar-refractivity contribution in [3.8, 4) is 0 Å². The lowest BCUT2D eigenvalue weighted by Crippen LogP contribution is -2.44. The highest BCUT2D eigenvalue weighted by Gasteiger charge is 2.19. The van der Waals surface area contributed by atoms with Crippen LogP contribution in [0, 0.1) is 0 Å². The van der Waals surface area contributed by atoms with Crippen molar-refractivity contribution < 1.29 is 9.53 Å². The Labute approximate surface area is 125 Å². The molecule has 1 aromatic carbocycles. The van der Waals surface area contributed by atoms with E-state index in [1.807, 2.05) is 39.2 Å². The smallest absolute Gasteiger partial charge is 0.407 e. The predicted octanol–water partition coefficient (Wildman–Crippen LogP) is 2.80. The Morgan fingerprint density at radius 2 is 2.15 bits per heavy atom. The monoisotopic (exact) mass is 296 g/mol. The molecule has 0 saturated carbocycles. The number of nitrogens with two attached hydrogens (primary N) is 1. The van der Waals surface area contributed by atoms with Crippen LogP contribution in [0.25, 0.3) is 0 Å². The summed E-state index contributed by atoms with van der Waals surface area (Å²) in [5.74, 6) is 0. The number of alkyl carbamates (subject to hydrolysis) is 1. The zero-order chi connectivity index (χ0) is 15.2. The Balaban J connectivity index is 2.60. The van der Waals surface area contributed by atoms with Crippen LogP contribution in [0.1, 0.15) is 26.3 Å². The van der Waals surface area contributed by atoms with Gasteiger partial charge in [0.15, 0.2) is 0 Å². The van der Waals surface area contributed by atoms with Gasteiger partial charge in [-0.15, -0.1) is 11.8 Å².